The molecule has 46 heavy (non-hydrogen) atoms. The third kappa shape index (κ3) is 4.73. The molecule has 0 bridgehead atoms. The quantitative estimate of drug-likeness (QED) is 0.186. The lowest BCUT2D eigenvalue weighted by molar-refractivity contribution is 0.660. The van der Waals surface area contributed by atoms with Gasteiger partial charge in [0.1, 0.15) is 0 Å². The van der Waals surface area contributed by atoms with Crippen molar-refractivity contribution < 1.29 is 0 Å². The maximum Gasteiger partial charge on any atom is 0.0540 e. The predicted octanol–water partition coefficient (Wildman–Crippen LogP) is 12.5. The molecule has 0 radical (unpaired) electrons. The van der Waals surface area contributed by atoms with Crippen molar-refractivity contribution in [3.63, 3.8) is 0 Å². The fraction of sp³-hybridized carbons (Fsp3) is 0.0667. The highest BCUT2D eigenvalue weighted by molar-refractivity contribution is 5.98. The maximum atomic E-state index is 2.42. The molecule has 0 heterocycles. The van der Waals surface area contributed by atoms with Gasteiger partial charge in [-0.15, -0.1) is 0 Å². The van der Waals surface area contributed by atoms with Crippen LogP contribution in [0.1, 0.15) is 25.0 Å². The van der Waals surface area contributed by atoms with Crippen molar-refractivity contribution in [3.05, 3.63) is 187 Å². The summed E-state index contributed by atoms with van der Waals surface area (Å²) in [5, 5.41) is 0. The van der Waals surface area contributed by atoms with Gasteiger partial charge in [-0.2, -0.15) is 0 Å². The Labute approximate surface area is 272 Å². The Bertz CT molecular complexity index is 2160. The minimum Gasteiger partial charge on any atom is -0.310 e. The number of fused-ring (bicyclic) bond motifs is 3. The molecule has 1 aliphatic carbocycles. The van der Waals surface area contributed by atoms with Gasteiger partial charge in [-0.25, -0.2) is 0 Å². The topological polar surface area (TPSA) is 3.24 Å². The molecule has 0 fully saturated rings. The van der Waals surface area contributed by atoms with E-state index in [9.17, 15) is 0 Å². The van der Waals surface area contributed by atoms with Crippen molar-refractivity contribution in [2.24, 2.45) is 0 Å². The fourth-order valence-corrected chi connectivity index (χ4v) is 7.19. The standard InChI is InChI=1S/C45H35N/c1-45(2)41-24-11-9-22-40(41)44-39(23-14-25-42(44)45)38-21-10-12-26-43(38)46(36-29-27-34(28-30-36)32-15-5-3-6-16-32)37-20-13-19-35(31-37)33-17-7-4-8-18-33/h3-31H,1-2H3. The first-order chi connectivity index (χ1) is 22.6. The number of hydrogen-bond acceptors (Lipinski definition) is 1. The molecule has 1 aliphatic rings. The molecule has 8 rings (SSSR count). The Hall–Kier alpha value is -5.66. The molecular formula is C45H35N. The zero-order chi connectivity index (χ0) is 31.1. The van der Waals surface area contributed by atoms with Crippen molar-refractivity contribution in [2.75, 3.05) is 4.90 Å². The summed E-state index contributed by atoms with van der Waals surface area (Å²) in [6.07, 6.45) is 0. The summed E-state index contributed by atoms with van der Waals surface area (Å²) in [7, 11) is 0. The normalized spacial score (nSPS) is 12.7. The van der Waals surface area contributed by atoms with E-state index in [4.69, 9.17) is 0 Å². The van der Waals surface area contributed by atoms with Gasteiger partial charge in [0.25, 0.3) is 0 Å². The number of para-hydroxylation sites is 1. The van der Waals surface area contributed by atoms with Gasteiger partial charge in [0.2, 0.25) is 0 Å². The first kappa shape index (κ1) is 27.9. The van der Waals surface area contributed by atoms with E-state index in [0.717, 1.165) is 17.1 Å². The highest BCUT2D eigenvalue weighted by Gasteiger charge is 2.37. The average Bonchev–Trinajstić information content (AvgIpc) is 3.36. The summed E-state index contributed by atoms with van der Waals surface area (Å²) in [6.45, 7) is 4.70. The summed E-state index contributed by atoms with van der Waals surface area (Å²) < 4.78 is 0. The van der Waals surface area contributed by atoms with Gasteiger partial charge >= 0.3 is 0 Å². The number of nitrogens with zero attached hydrogens (tertiary/aromatic N) is 1. The van der Waals surface area contributed by atoms with E-state index < -0.39 is 0 Å². The van der Waals surface area contributed by atoms with E-state index in [1.165, 1.54) is 55.6 Å². The molecule has 0 aromatic heterocycles. The Kier molecular flexibility index (Phi) is 6.88. The Morgan fingerprint density at radius 2 is 0.891 bits per heavy atom. The number of hydrogen-bond donors (Lipinski definition) is 0. The SMILES string of the molecule is CC1(C)c2ccccc2-c2c(-c3ccccc3N(c3ccc(-c4ccccc4)cc3)c3cccc(-c4ccccc4)c3)cccc21. The van der Waals surface area contributed by atoms with Crippen LogP contribution < -0.4 is 4.90 Å². The molecule has 1 nitrogen and oxygen atoms in total. The predicted molar refractivity (Wildman–Crippen MR) is 195 cm³/mol. The molecule has 0 aliphatic heterocycles. The molecule has 220 valence electrons. The van der Waals surface area contributed by atoms with Crippen LogP contribution in [-0.4, -0.2) is 0 Å². The van der Waals surface area contributed by atoms with E-state index >= 15 is 0 Å². The van der Waals surface area contributed by atoms with Gasteiger partial charge in [-0.3, -0.25) is 0 Å². The number of anilines is 3. The van der Waals surface area contributed by atoms with Crippen LogP contribution in [0.15, 0.2) is 176 Å². The van der Waals surface area contributed by atoms with E-state index in [1.54, 1.807) is 0 Å². The fourth-order valence-electron chi connectivity index (χ4n) is 7.19. The molecule has 7 aromatic carbocycles. The molecule has 0 spiro atoms. The summed E-state index contributed by atoms with van der Waals surface area (Å²) >= 11 is 0. The van der Waals surface area contributed by atoms with Crippen molar-refractivity contribution in [1.82, 2.24) is 0 Å². The van der Waals surface area contributed by atoms with Gasteiger partial charge < -0.3 is 4.90 Å². The lowest BCUT2D eigenvalue weighted by Crippen LogP contribution is -2.14. The van der Waals surface area contributed by atoms with E-state index in [0.29, 0.717) is 0 Å². The van der Waals surface area contributed by atoms with Crippen molar-refractivity contribution in [3.8, 4) is 44.5 Å². The lowest BCUT2D eigenvalue weighted by atomic mass is 9.82. The second kappa shape index (κ2) is 11.4. The Morgan fingerprint density at radius 1 is 0.370 bits per heavy atom. The van der Waals surface area contributed by atoms with Crippen LogP contribution in [0.4, 0.5) is 17.1 Å². The molecule has 0 amide bonds. The zero-order valence-electron chi connectivity index (χ0n) is 26.2. The minimum atomic E-state index is -0.0617. The first-order valence-corrected chi connectivity index (χ1v) is 16.0. The molecule has 7 aromatic rings. The molecule has 0 N–H and O–H groups in total. The third-order valence-corrected chi connectivity index (χ3v) is 9.49. The van der Waals surface area contributed by atoms with Gasteiger partial charge in [-0.1, -0.05) is 159 Å². The molecule has 0 atom stereocenters. The van der Waals surface area contributed by atoms with Crippen LogP contribution in [-0.2, 0) is 5.41 Å². The highest BCUT2D eigenvalue weighted by atomic mass is 15.1. The molecular weight excluding hydrogens is 555 g/mol. The smallest absolute Gasteiger partial charge is 0.0540 e. The van der Waals surface area contributed by atoms with Crippen LogP contribution in [0, 0.1) is 0 Å². The number of rotatable bonds is 6. The Balaban J connectivity index is 1.34. The summed E-state index contributed by atoms with van der Waals surface area (Å²) in [4.78, 5) is 2.42. The van der Waals surface area contributed by atoms with Crippen LogP contribution in [0.5, 0.6) is 0 Å². The van der Waals surface area contributed by atoms with Crippen molar-refractivity contribution in [1.29, 1.82) is 0 Å². The molecule has 0 unspecified atom stereocenters. The van der Waals surface area contributed by atoms with Crippen LogP contribution in [0.3, 0.4) is 0 Å². The summed E-state index contributed by atoms with van der Waals surface area (Å²) in [5.74, 6) is 0. The average molecular weight is 590 g/mol. The van der Waals surface area contributed by atoms with E-state index in [2.05, 4.69) is 195 Å². The van der Waals surface area contributed by atoms with Crippen molar-refractivity contribution in [2.45, 2.75) is 19.3 Å². The van der Waals surface area contributed by atoms with Gasteiger partial charge in [0, 0.05) is 22.4 Å². The van der Waals surface area contributed by atoms with E-state index in [1.807, 2.05) is 0 Å². The molecule has 0 saturated carbocycles. The second-order valence-electron chi connectivity index (χ2n) is 12.6. The lowest BCUT2D eigenvalue weighted by Gasteiger charge is -2.29. The van der Waals surface area contributed by atoms with E-state index in [-0.39, 0.29) is 5.41 Å². The van der Waals surface area contributed by atoms with Crippen molar-refractivity contribution >= 4 is 17.1 Å². The first-order valence-electron chi connectivity index (χ1n) is 16.0. The Morgan fingerprint density at radius 3 is 1.63 bits per heavy atom. The van der Waals surface area contributed by atoms with Crippen LogP contribution in [0.25, 0.3) is 44.5 Å². The second-order valence-corrected chi connectivity index (χ2v) is 12.6. The van der Waals surface area contributed by atoms with Gasteiger partial charge in [0.05, 0.1) is 5.69 Å². The van der Waals surface area contributed by atoms with Gasteiger partial charge in [0.15, 0.2) is 0 Å². The largest absolute Gasteiger partial charge is 0.310 e. The number of benzene rings is 7. The highest BCUT2D eigenvalue weighted by Crippen LogP contribution is 2.53. The maximum absolute atomic E-state index is 2.42. The molecule has 0 saturated heterocycles. The van der Waals surface area contributed by atoms with Crippen LogP contribution >= 0.6 is 0 Å². The summed E-state index contributed by atoms with van der Waals surface area (Å²) in [5.41, 5.74) is 16.1. The minimum absolute atomic E-state index is 0.0617. The third-order valence-electron chi connectivity index (χ3n) is 9.49. The van der Waals surface area contributed by atoms with Crippen LogP contribution in [0.2, 0.25) is 0 Å². The summed E-state index contributed by atoms with van der Waals surface area (Å²) in [6, 6.07) is 63.7. The monoisotopic (exact) mass is 589 g/mol. The molecule has 1 heteroatoms. The van der Waals surface area contributed by atoms with Gasteiger partial charge in [-0.05, 0) is 80.4 Å². The zero-order valence-corrected chi connectivity index (χ0v) is 26.2.